The summed E-state index contributed by atoms with van der Waals surface area (Å²) in [7, 11) is 0. The lowest BCUT2D eigenvalue weighted by Crippen LogP contribution is -2.37. The van der Waals surface area contributed by atoms with Crippen LogP contribution < -0.4 is 16.6 Å². The molecule has 7 heteroatoms. The summed E-state index contributed by atoms with van der Waals surface area (Å²) >= 11 is 0. The first-order valence-corrected chi connectivity index (χ1v) is 8.24. The number of carbonyl (C=O) groups is 1. The van der Waals surface area contributed by atoms with Gasteiger partial charge < -0.3 is 11.1 Å². The van der Waals surface area contributed by atoms with Gasteiger partial charge in [-0.25, -0.2) is 9.97 Å². The number of allylic oxidation sites excluding steroid dienone is 2. The highest BCUT2D eigenvalue weighted by Gasteiger charge is 2.46. The molecule has 128 valence electrons. The van der Waals surface area contributed by atoms with Gasteiger partial charge in [0.1, 0.15) is 23.7 Å². The molecule has 2 aromatic heterocycles. The maximum atomic E-state index is 13.2. The van der Waals surface area contributed by atoms with E-state index in [1.165, 1.54) is 6.33 Å². The van der Waals surface area contributed by atoms with Crippen LogP contribution in [0, 0.1) is 12.8 Å². The van der Waals surface area contributed by atoms with Gasteiger partial charge in [0.2, 0.25) is 0 Å². The predicted molar refractivity (Wildman–Crippen MR) is 95.0 cm³/mol. The number of carbonyl (C=O) groups excluding carboxylic acids is 1. The molecule has 2 aliphatic rings. The van der Waals surface area contributed by atoms with Crippen LogP contribution in [0.2, 0.25) is 0 Å². The van der Waals surface area contributed by atoms with Crippen LogP contribution in [-0.2, 0) is 5.54 Å². The second kappa shape index (κ2) is 5.27. The molecule has 2 atom stereocenters. The minimum absolute atomic E-state index is 0.0196. The quantitative estimate of drug-likeness (QED) is 0.814. The first kappa shape index (κ1) is 15.6. The number of ketones is 1. The number of aromatic nitrogens is 3. The minimum atomic E-state index is -0.546. The molecule has 1 aliphatic heterocycles. The number of nitrogens with zero attached hydrogens (tertiary/aromatic N) is 3. The summed E-state index contributed by atoms with van der Waals surface area (Å²) in [5, 5.41) is 3.02. The highest BCUT2D eigenvalue weighted by molar-refractivity contribution is 5.99. The summed E-state index contributed by atoms with van der Waals surface area (Å²) in [6, 6.07) is 3.26. The van der Waals surface area contributed by atoms with Crippen molar-refractivity contribution in [3.05, 3.63) is 52.2 Å². The second-order valence-electron chi connectivity index (χ2n) is 6.93. The van der Waals surface area contributed by atoms with E-state index in [0.717, 1.165) is 12.0 Å². The van der Waals surface area contributed by atoms with Crippen LogP contribution in [-0.4, -0.2) is 20.3 Å². The van der Waals surface area contributed by atoms with Gasteiger partial charge in [-0.3, -0.25) is 14.2 Å². The Morgan fingerprint density at radius 1 is 1.32 bits per heavy atom. The van der Waals surface area contributed by atoms with E-state index in [1.807, 2.05) is 13.0 Å². The lowest BCUT2D eigenvalue weighted by molar-refractivity contribution is 0.0978. The molecule has 2 aromatic rings. The van der Waals surface area contributed by atoms with Crippen molar-refractivity contribution >= 4 is 23.1 Å². The molecule has 0 saturated heterocycles. The number of rotatable bonds is 2. The van der Waals surface area contributed by atoms with E-state index in [2.05, 4.69) is 28.3 Å². The Labute approximate surface area is 144 Å². The fourth-order valence-electron chi connectivity index (χ4n) is 3.96. The number of fused-ring (bicyclic) bond motifs is 2. The average molecular weight is 337 g/mol. The lowest BCUT2D eigenvalue weighted by Gasteiger charge is -2.26. The molecule has 3 N–H and O–H groups in total. The molecule has 4 rings (SSSR count). The molecule has 2 unspecified atom stereocenters. The third-order valence-corrected chi connectivity index (χ3v) is 4.93. The first-order valence-electron chi connectivity index (χ1n) is 8.24. The van der Waals surface area contributed by atoms with Crippen LogP contribution in [0.4, 0.5) is 17.3 Å². The third-order valence-electron chi connectivity index (χ3n) is 4.93. The zero-order chi connectivity index (χ0) is 17.8. The molecule has 0 saturated carbocycles. The van der Waals surface area contributed by atoms with Gasteiger partial charge in [0, 0.05) is 12.5 Å². The van der Waals surface area contributed by atoms with Gasteiger partial charge in [0.05, 0.1) is 11.2 Å². The summed E-state index contributed by atoms with van der Waals surface area (Å²) in [4.78, 5) is 33.7. The first-order chi connectivity index (χ1) is 11.9. The third kappa shape index (κ3) is 2.34. The number of nitrogens with one attached hydrogen (secondary N) is 1. The zero-order valence-electron chi connectivity index (χ0n) is 14.1. The van der Waals surface area contributed by atoms with Gasteiger partial charge in [-0.05, 0) is 30.9 Å². The van der Waals surface area contributed by atoms with Crippen molar-refractivity contribution < 1.29 is 4.79 Å². The summed E-state index contributed by atoms with van der Waals surface area (Å²) < 4.78 is 1.66. The van der Waals surface area contributed by atoms with Crippen molar-refractivity contribution in [3.63, 3.8) is 0 Å². The molecule has 0 amide bonds. The highest BCUT2D eigenvalue weighted by atomic mass is 16.1. The van der Waals surface area contributed by atoms with Crippen molar-refractivity contribution in [1.29, 1.82) is 0 Å². The fourth-order valence-corrected chi connectivity index (χ4v) is 3.96. The molecule has 0 bridgehead atoms. The van der Waals surface area contributed by atoms with Crippen molar-refractivity contribution in [3.8, 4) is 0 Å². The van der Waals surface area contributed by atoms with Gasteiger partial charge >= 0.3 is 0 Å². The zero-order valence-corrected chi connectivity index (χ0v) is 14.1. The number of pyridine rings is 1. The molecular weight excluding hydrogens is 318 g/mol. The molecule has 25 heavy (non-hydrogen) atoms. The van der Waals surface area contributed by atoms with E-state index in [0.29, 0.717) is 35.4 Å². The Hall–Kier alpha value is -2.96. The molecule has 1 spiro atoms. The summed E-state index contributed by atoms with van der Waals surface area (Å²) in [5.74, 6) is 1.11. The van der Waals surface area contributed by atoms with E-state index in [9.17, 15) is 9.59 Å². The molecule has 0 fully saturated rings. The number of hydrogen-bond acceptors (Lipinski definition) is 6. The highest BCUT2D eigenvalue weighted by Crippen LogP contribution is 2.43. The van der Waals surface area contributed by atoms with Crippen molar-refractivity contribution in [2.75, 3.05) is 11.1 Å². The second-order valence-corrected chi connectivity index (χ2v) is 6.93. The molecule has 7 nitrogen and oxygen atoms in total. The molecule has 0 aromatic carbocycles. The largest absolute Gasteiger partial charge is 0.384 e. The number of aryl methyl sites for hydroxylation is 1. The van der Waals surface area contributed by atoms with Gasteiger partial charge in [-0.2, -0.15) is 0 Å². The Balaban J connectivity index is 1.86. The van der Waals surface area contributed by atoms with Crippen LogP contribution in [0.3, 0.4) is 0 Å². The number of nitrogens with two attached hydrogens (primary N) is 1. The summed E-state index contributed by atoms with van der Waals surface area (Å²) in [5.41, 5.74) is 6.57. The van der Waals surface area contributed by atoms with Crippen molar-refractivity contribution in [2.45, 2.75) is 32.2 Å². The summed E-state index contributed by atoms with van der Waals surface area (Å²) in [6.45, 7) is 3.95. The van der Waals surface area contributed by atoms with Gasteiger partial charge in [0.15, 0.2) is 5.78 Å². The van der Waals surface area contributed by atoms with Gasteiger partial charge in [0.25, 0.3) is 5.56 Å². The fraction of sp³-hybridized carbons (Fsp3) is 0.333. The Kier molecular flexibility index (Phi) is 3.28. The van der Waals surface area contributed by atoms with Gasteiger partial charge in [-0.1, -0.05) is 19.1 Å². The van der Waals surface area contributed by atoms with Crippen LogP contribution in [0.15, 0.2) is 35.4 Å². The predicted octanol–water partition coefficient (Wildman–Crippen LogP) is 2.15. The van der Waals surface area contributed by atoms with E-state index >= 15 is 0 Å². The van der Waals surface area contributed by atoms with Crippen LogP contribution in [0.5, 0.6) is 0 Å². The smallest absolute Gasteiger partial charge is 0.275 e. The molecule has 3 heterocycles. The molecular formula is C18H19N5O2. The average Bonchev–Trinajstić information content (AvgIpc) is 3.05. The minimum Gasteiger partial charge on any atom is -0.384 e. The number of anilines is 3. The number of nitrogen functional groups attached to an aromatic ring is 1. The lowest BCUT2D eigenvalue weighted by atomic mass is 9.93. The SMILES string of the molecule is Cc1cc(Nc2cc(N)ncn2)c(=O)n2c1C(=O)CC21C=CC(C)C1. The summed E-state index contributed by atoms with van der Waals surface area (Å²) in [6.07, 6.45) is 6.53. The monoisotopic (exact) mass is 337 g/mol. The maximum absolute atomic E-state index is 13.2. The van der Waals surface area contributed by atoms with Crippen LogP contribution in [0.1, 0.15) is 35.8 Å². The Morgan fingerprint density at radius 3 is 2.80 bits per heavy atom. The van der Waals surface area contributed by atoms with E-state index in [4.69, 9.17) is 5.73 Å². The van der Waals surface area contributed by atoms with Crippen molar-refractivity contribution in [2.24, 2.45) is 5.92 Å². The van der Waals surface area contributed by atoms with Crippen LogP contribution in [0.25, 0.3) is 0 Å². The van der Waals surface area contributed by atoms with E-state index in [-0.39, 0.29) is 11.3 Å². The van der Waals surface area contributed by atoms with Crippen LogP contribution >= 0.6 is 0 Å². The normalized spacial score (nSPS) is 24.1. The molecule has 1 aliphatic carbocycles. The topological polar surface area (TPSA) is 103 Å². The maximum Gasteiger partial charge on any atom is 0.275 e. The van der Waals surface area contributed by atoms with E-state index in [1.54, 1.807) is 16.7 Å². The Bertz CT molecular complexity index is 978. The molecule has 0 radical (unpaired) electrons. The van der Waals surface area contributed by atoms with Gasteiger partial charge in [-0.15, -0.1) is 0 Å². The van der Waals surface area contributed by atoms with Crippen molar-refractivity contribution in [1.82, 2.24) is 14.5 Å². The number of Topliss-reactive ketones (excluding diaryl/α,β-unsaturated/α-hetero) is 1. The Morgan fingerprint density at radius 2 is 2.12 bits per heavy atom. The number of hydrogen-bond donors (Lipinski definition) is 2. The standard InChI is InChI=1S/C18H19N5O2/c1-10-3-4-18(7-10)8-13(24)16-11(2)5-12(17(25)23(16)18)22-15-6-14(19)20-9-21-15/h3-6,9-10H,7-8H2,1-2H3,(H3,19,20,21,22). The van der Waals surface area contributed by atoms with E-state index < -0.39 is 5.54 Å².